The van der Waals surface area contributed by atoms with Gasteiger partial charge in [-0.05, 0) is 33.6 Å². The van der Waals surface area contributed by atoms with E-state index in [-0.39, 0.29) is 17.5 Å². The molecule has 0 unspecified atom stereocenters. The number of nitrogens with one attached hydrogen (secondary N) is 2. The van der Waals surface area contributed by atoms with Gasteiger partial charge in [-0.15, -0.1) is 0 Å². The van der Waals surface area contributed by atoms with E-state index in [1.165, 1.54) is 0 Å². The highest BCUT2D eigenvalue weighted by atomic mass is 16.2. The normalized spacial score (nSPS) is 13.4. The smallest absolute Gasteiger partial charge is 0.242 e. The fraction of sp³-hybridized carbons (Fsp3) is 0.714. The summed E-state index contributed by atoms with van der Waals surface area (Å²) in [6, 6.07) is -0.267. The number of rotatable bonds is 5. The van der Waals surface area contributed by atoms with Crippen LogP contribution in [0.25, 0.3) is 0 Å². The van der Waals surface area contributed by atoms with Gasteiger partial charge in [0, 0.05) is 12.7 Å². The molecular formula is C14H26N4O. The molecule has 0 bridgehead atoms. The van der Waals surface area contributed by atoms with E-state index in [9.17, 15) is 4.79 Å². The first-order valence-corrected chi connectivity index (χ1v) is 6.79. The SMILES string of the molecule is CC(C)CNC(=O)[C@H](C)Nc1cnn(C(C)(C)C)c1. The van der Waals surface area contributed by atoms with Crippen molar-refractivity contribution in [3.05, 3.63) is 12.4 Å². The molecule has 1 amide bonds. The summed E-state index contributed by atoms with van der Waals surface area (Å²) < 4.78 is 1.88. The lowest BCUT2D eigenvalue weighted by Crippen LogP contribution is -2.39. The highest BCUT2D eigenvalue weighted by molar-refractivity contribution is 5.84. The molecule has 0 aliphatic rings. The van der Waals surface area contributed by atoms with Crippen molar-refractivity contribution in [2.45, 2.75) is 53.1 Å². The van der Waals surface area contributed by atoms with Gasteiger partial charge in [-0.3, -0.25) is 9.48 Å². The first-order valence-electron chi connectivity index (χ1n) is 6.79. The molecule has 1 rings (SSSR count). The van der Waals surface area contributed by atoms with Crippen LogP contribution in [0.5, 0.6) is 0 Å². The zero-order valence-corrected chi connectivity index (χ0v) is 12.8. The minimum Gasteiger partial charge on any atom is -0.371 e. The molecule has 0 fully saturated rings. The molecular weight excluding hydrogens is 240 g/mol. The minimum atomic E-state index is -0.267. The molecule has 19 heavy (non-hydrogen) atoms. The van der Waals surface area contributed by atoms with E-state index in [2.05, 4.69) is 50.4 Å². The quantitative estimate of drug-likeness (QED) is 0.859. The third-order valence-corrected chi connectivity index (χ3v) is 2.73. The van der Waals surface area contributed by atoms with E-state index in [1.54, 1.807) is 6.20 Å². The summed E-state index contributed by atoms with van der Waals surface area (Å²) in [4.78, 5) is 11.9. The van der Waals surface area contributed by atoms with E-state index in [0.717, 1.165) is 5.69 Å². The summed E-state index contributed by atoms with van der Waals surface area (Å²) in [5, 5.41) is 10.4. The van der Waals surface area contributed by atoms with Crippen molar-refractivity contribution in [3.63, 3.8) is 0 Å². The van der Waals surface area contributed by atoms with Gasteiger partial charge in [-0.25, -0.2) is 0 Å². The van der Waals surface area contributed by atoms with Gasteiger partial charge >= 0.3 is 0 Å². The van der Waals surface area contributed by atoms with E-state index in [1.807, 2.05) is 17.8 Å². The number of carbonyl (C=O) groups is 1. The van der Waals surface area contributed by atoms with Crippen LogP contribution in [0, 0.1) is 5.92 Å². The number of hydrogen-bond acceptors (Lipinski definition) is 3. The summed E-state index contributed by atoms with van der Waals surface area (Å²) in [7, 11) is 0. The zero-order chi connectivity index (χ0) is 14.6. The highest BCUT2D eigenvalue weighted by Gasteiger charge is 2.16. The number of nitrogens with zero attached hydrogens (tertiary/aromatic N) is 2. The number of aromatic nitrogens is 2. The molecule has 2 N–H and O–H groups in total. The highest BCUT2D eigenvalue weighted by Crippen LogP contribution is 2.16. The van der Waals surface area contributed by atoms with Crippen molar-refractivity contribution < 1.29 is 4.79 Å². The summed E-state index contributed by atoms with van der Waals surface area (Å²) >= 11 is 0. The monoisotopic (exact) mass is 266 g/mol. The van der Waals surface area contributed by atoms with Crippen molar-refractivity contribution in [1.82, 2.24) is 15.1 Å². The molecule has 1 aromatic heterocycles. The van der Waals surface area contributed by atoms with Gasteiger partial charge in [-0.1, -0.05) is 13.8 Å². The molecule has 1 atom stereocenters. The Hall–Kier alpha value is -1.52. The van der Waals surface area contributed by atoms with Gasteiger partial charge in [0.1, 0.15) is 6.04 Å². The molecule has 0 aromatic carbocycles. The molecule has 0 radical (unpaired) electrons. The maximum atomic E-state index is 11.9. The molecule has 5 heteroatoms. The van der Waals surface area contributed by atoms with Crippen molar-refractivity contribution >= 4 is 11.6 Å². The van der Waals surface area contributed by atoms with Crippen LogP contribution in [0.15, 0.2) is 12.4 Å². The zero-order valence-electron chi connectivity index (χ0n) is 12.8. The molecule has 5 nitrogen and oxygen atoms in total. The standard InChI is InChI=1S/C14H26N4O/c1-10(2)7-15-13(19)11(3)17-12-8-16-18(9-12)14(4,5)6/h8-11,17H,7H2,1-6H3,(H,15,19)/t11-/m0/s1. The van der Waals surface area contributed by atoms with Crippen molar-refractivity contribution in [3.8, 4) is 0 Å². The maximum Gasteiger partial charge on any atom is 0.242 e. The molecule has 0 saturated carbocycles. The Labute approximate surface area is 115 Å². The number of hydrogen-bond donors (Lipinski definition) is 2. The number of carbonyl (C=O) groups excluding carboxylic acids is 1. The lowest BCUT2D eigenvalue weighted by atomic mass is 10.1. The van der Waals surface area contributed by atoms with Gasteiger partial charge in [-0.2, -0.15) is 5.10 Å². The van der Waals surface area contributed by atoms with Crippen molar-refractivity contribution in [2.24, 2.45) is 5.92 Å². The van der Waals surface area contributed by atoms with Crippen LogP contribution >= 0.6 is 0 Å². The maximum absolute atomic E-state index is 11.9. The first-order chi connectivity index (χ1) is 8.70. The summed E-state index contributed by atoms with van der Waals surface area (Å²) in [5.74, 6) is 0.469. The largest absolute Gasteiger partial charge is 0.371 e. The Morgan fingerprint density at radius 1 is 1.37 bits per heavy atom. The van der Waals surface area contributed by atoms with Crippen molar-refractivity contribution in [1.29, 1.82) is 0 Å². The topological polar surface area (TPSA) is 59.0 Å². The molecule has 0 saturated heterocycles. The predicted molar refractivity (Wildman–Crippen MR) is 78.2 cm³/mol. The summed E-state index contributed by atoms with van der Waals surface area (Å²) in [6.45, 7) is 13.0. The van der Waals surface area contributed by atoms with Gasteiger partial charge in [0.05, 0.1) is 17.4 Å². The predicted octanol–water partition coefficient (Wildman–Crippen LogP) is 2.21. The Balaban J connectivity index is 2.55. The van der Waals surface area contributed by atoms with Crippen LogP contribution in [0.4, 0.5) is 5.69 Å². The Kier molecular flexibility index (Phi) is 4.97. The van der Waals surface area contributed by atoms with E-state index in [0.29, 0.717) is 12.5 Å². The van der Waals surface area contributed by atoms with Crippen LogP contribution in [0.1, 0.15) is 41.5 Å². The summed E-state index contributed by atoms with van der Waals surface area (Å²) in [6.07, 6.45) is 3.67. The average Bonchev–Trinajstić information content (AvgIpc) is 2.73. The Morgan fingerprint density at radius 3 is 2.47 bits per heavy atom. The fourth-order valence-electron chi connectivity index (χ4n) is 1.54. The lowest BCUT2D eigenvalue weighted by Gasteiger charge is -2.19. The fourth-order valence-corrected chi connectivity index (χ4v) is 1.54. The third-order valence-electron chi connectivity index (χ3n) is 2.73. The summed E-state index contributed by atoms with van der Waals surface area (Å²) in [5.41, 5.74) is 0.811. The molecule has 108 valence electrons. The second kappa shape index (κ2) is 6.08. The second-order valence-corrected chi connectivity index (χ2v) is 6.35. The van der Waals surface area contributed by atoms with Gasteiger partial charge in [0.15, 0.2) is 0 Å². The van der Waals surface area contributed by atoms with E-state index < -0.39 is 0 Å². The van der Waals surface area contributed by atoms with Crippen LogP contribution in [-0.4, -0.2) is 28.3 Å². The second-order valence-electron chi connectivity index (χ2n) is 6.35. The van der Waals surface area contributed by atoms with Crippen LogP contribution in [-0.2, 0) is 10.3 Å². The van der Waals surface area contributed by atoms with E-state index >= 15 is 0 Å². The molecule has 0 aliphatic heterocycles. The minimum absolute atomic E-state index is 0.0113. The average molecular weight is 266 g/mol. The molecule has 1 heterocycles. The molecule has 0 spiro atoms. The Bertz CT molecular complexity index is 417. The van der Waals surface area contributed by atoms with Crippen LogP contribution in [0.3, 0.4) is 0 Å². The number of amides is 1. The first kappa shape index (κ1) is 15.5. The van der Waals surface area contributed by atoms with Gasteiger partial charge in [0.25, 0.3) is 0 Å². The molecule has 0 aliphatic carbocycles. The third kappa shape index (κ3) is 4.93. The number of anilines is 1. The van der Waals surface area contributed by atoms with Crippen LogP contribution < -0.4 is 10.6 Å². The van der Waals surface area contributed by atoms with Gasteiger partial charge in [0.2, 0.25) is 5.91 Å². The van der Waals surface area contributed by atoms with Crippen molar-refractivity contribution in [2.75, 3.05) is 11.9 Å². The van der Waals surface area contributed by atoms with Gasteiger partial charge < -0.3 is 10.6 Å². The van der Waals surface area contributed by atoms with E-state index in [4.69, 9.17) is 0 Å². The Morgan fingerprint density at radius 2 is 2.00 bits per heavy atom. The molecule has 1 aromatic rings. The van der Waals surface area contributed by atoms with Crippen LogP contribution in [0.2, 0.25) is 0 Å². The lowest BCUT2D eigenvalue weighted by molar-refractivity contribution is -0.121.